The molecule has 2 aromatic rings. The molecule has 2 aromatic carbocycles. The number of non-ortho nitro benzene ring substituents is 1. The minimum absolute atomic E-state index is 0.190. The van der Waals surface area contributed by atoms with Crippen LogP contribution in [0.4, 0.5) is 5.69 Å². The number of rotatable bonds is 1. The maximum atomic E-state index is 11.3. The van der Waals surface area contributed by atoms with E-state index in [2.05, 4.69) is 38.1 Å². The molecule has 2 bridgehead atoms. The molecule has 0 N–H and O–H groups in total. The van der Waals surface area contributed by atoms with Gasteiger partial charge in [-0.3, -0.25) is 10.1 Å². The van der Waals surface area contributed by atoms with Gasteiger partial charge in [0, 0.05) is 12.1 Å². The Kier molecular flexibility index (Phi) is 2.66. The van der Waals surface area contributed by atoms with Crippen molar-refractivity contribution in [1.29, 1.82) is 0 Å². The Balaban J connectivity index is 1.83. The number of benzene rings is 2. The van der Waals surface area contributed by atoms with Crippen molar-refractivity contribution in [2.75, 3.05) is 0 Å². The SMILES string of the molecule is Cc1cc2c(cc1C)C1C3C=CC(C3)C1c1ccc([N+](=O)[O-])cc1-2. The van der Waals surface area contributed by atoms with Crippen LogP contribution in [0.5, 0.6) is 0 Å². The lowest BCUT2D eigenvalue weighted by Crippen LogP contribution is -2.22. The fourth-order valence-corrected chi connectivity index (χ4v) is 5.20. The van der Waals surface area contributed by atoms with Gasteiger partial charge in [-0.25, -0.2) is 0 Å². The van der Waals surface area contributed by atoms with Crippen molar-refractivity contribution in [2.45, 2.75) is 32.1 Å². The third-order valence-electron chi connectivity index (χ3n) is 6.38. The molecule has 1 saturated carbocycles. The van der Waals surface area contributed by atoms with Crippen molar-refractivity contribution in [3.63, 3.8) is 0 Å². The van der Waals surface area contributed by atoms with Crippen LogP contribution in [0.25, 0.3) is 11.1 Å². The van der Waals surface area contributed by atoms with Gasteiger partial charge in [0.1, 0.15) is 0 Å². The van der Waals surface area contributed by atoms with Crippen LogP contribution < -0.4 is 0 Å². The zero-order chi connectivity index (χ0) is 16.6. The number of allylic oxidation sites excluding steroid dienone is 2. The average Bonchev–Trinajstić information content (AvgIpc) is 3.17. The molecular formula is C21H19NO2. The van der Waals surface area contributed by atoms with Crippen molar-refractivity contribution in [3.8, 4) is 11.1 Å². The van der Waals surface area contributed by atoms with E-state index in [1.54, 1.807) is 12.1 Å². The van der Waals surface area contributed by atoms with Crippen LogP contribution in [0.2, 0.25) is 0 Å². The van der Waals surface area contributed by atoms with Crippen molar-refractivity contribution in [1.82, 2.24) is 0 Å². The summed E-state index contributed by atoms with van der Waals surface area (Å²) in [5.74, 6) is 2.20. The zero-order valence-corrected chi connectivity index (χ0v) is 13.8. The standard InChI is InChI=1S/C21H19NO2/c1-11-7-17-18-10-15(22(23)24)5-6-16(18)20-13-3-4-14(9-13)21(20)19(17)8-12(11)2/h3-8,10,13-14,20-21H,9H2,1-2H3. The zero-order valence-electron chi connectivity index (χ0n) is 13.8. The first kappa shape index (κ1) is 14.0. The Morgan fingerprint density at radius 3 is 2.25 bits per heavy atom. The predicted molar refractivity (Wildman–Crippen MR) is 94.2 cm³/mol. The summed E-state index contributed by atoms with van der Waals surface area (Å²) < 4.78 is 0. The second-order valence-electron chi connectivity index (χ2n) is 7.55. The van der Waals surface area contributed by atoms with Crippen LogP contribution in [-0.2, 0) is 0 Å². The first-order valence-electron chi connectivity index (χ1n) is 8.63. The minimum Gasteiger partial charge on any atom is -0.258 e. The Morgan fingerprint density at radius 1 is 0.917 bits per heavy atom. The fourth-order valence-electron chi connectivity index (χ4n) is 5.20. The molecule has 4 unspecified atom stereocenters. The van der Waals surface area contributed by atoms with Gasteiger partial charge in [0.2, 0.25) is 0 Å². The van der Waals surface area contributed by atoms with E-state index in [0.29, 0.717) is 23.7 Å². The molecule has 0 heterocycles. The van der Waals surface area contributed by atoms with Gasteiger partial charge in [-0.15, -0.1) is 0 Å². The molecule has 0 amide bonds. The van der Waals surface area contributed by atoms with Crippen LogP contribution in [0.3, 0.4) is 0 Å². The fraction of sp³-hybridized carbons (Fsp3) is 0.333. The molecule has 24 heavy (non-hydrogen) atoms. The number of hydrogen-bond donors (Lipinski definition) is 0. The summed E-state index contributed by atoms with van der Waals surface area (Å²) in [5.41, 5.74) is 7.74. The van der Waals surface area contributed by atoms with Gasteiger partial charge in [-0.1, -0.05) is 30.4 Å². The minimum atomic E-state index is -0.284. The van der Waals surface area contributed by atoms with Crippen molar-refractivity contribution in [2.24, 2.45) is 11.8 Å². The van der Waals surface area contributed by atoms with E-state index in [1.165, 1.54) is 34.2 Å². The molecule has 0 spiro atoms. The summed E-state index contributed by atoms with van der Waals surface area (Å²) in [6.45, 7) is 4.29. The predicted octanol–water partition coefficient (Wildman–Crippen LogP) is 5.27. The van der Waals surface area contributed by atoms with Crippen LogP contribution in [0, 0.1) is 35.8 Å². The summed E-state index contributed by atoms with van der Waals surface area (Å²) in [5, 5.41) is 11.3. The third-order valence-corrected chi connectivity index (χ3v) is 6.38. The molecule has 3 nitrogen and oxygen atoms in total. The molecule has 5 rings (SSSR count). The van der Waals surface area contributed by atoms with E-state index >= 15 is 0 Å². The first-order chi connectivity index (χ1) is 11.5. The van der Waals surface area contributed by atoms with Gasteiger partial charge in [-0.05, 0) is 77.3 Å². The van der Waals surface area contributed by atoms with Crippen LogP contribution in [-0.4, -0.2) is 4.92 Å². The topological polar surface area (TPSA) is 43.1 Å². The second-order valence-corrected chi connectivity index (χ2v) is 7.55. The van der Waals surface area contributed by atoms with Gasteiger partial charge in [0.05, 0.1) is 4.92 Å². The lowest BCUT2D eigenvalue weighted by atomic mass is 9.67. The summed E-state index contributed by atoms with van der Waals surface area (Å²) in [6, 6.07) is 10.0. The van der Waals surface area contributed by atoms with Gasteiger partial charge in [0.15, 0.2) is 0 Å². The molecular weight excluding hydrogens is 298 g/mol. The number of hydrogen-bond acceptors (Lipinski definition) is 2. The highest BCUT2D eigenvalue weighted by Gasteiger charge is 2.49. The molecule has 120 valence electrons. The number of nitro groups is 1. The highest BCUT2D eigenvalue weighted by Crippen LogP contribution is 2.63. The van der Waals surface area contributed by atoms with Crippen LogP contribution in [0.15, 0.2) is 42.5 Å². The third kappa shape index (κ3) is 1.67. The Bertz CT molecular complexity index is 928. The monoisotopic (exact) mass is 317 g/mol. The molecule has 1 fully saturated rings. The smallest absolute Gasteiger partial charge is 0.258 e. The van der Waals surface area contributed by atoms with E-state index in [0.717, 1.165) is 5.56 Å². The lowest BCUT2D eigenvalue weighted by Gasteiger charge is -2.37. The number of nitrogens with zero attached hydrogens (tertiary/aromatic N) is 1. The molecule has 3 aliphatic carbocycles. The van der Waals surface area contributed by atoms with E-state index < -0.39 is 0 Å². The summed E-state index contributed by atoms with van der Waals surface area (Å²) in [6.07, 6.45) is 5.97. The molecule has 3 heteroatoms. The molecule has 0 saturated heterocycles. The van der Waals surface area contributed by atoms with Crippen molar-refractivity contribution >= 4 is 5.69 Å². The Hall–Kier alpha value is -2.42. The summed E-state index contributed by atoms with van der Waals surface area (Å²) in [4.78, 5) is 11.0. The lowest BCUT2D eigenvalue weighted by molar-refractivity contribution is -0.384. The van der Waals surface area contributed by atoms with E-state index in [-0.39, 0.29) is 10.6 Å². The van der Waals surface area contributed by atoms with Crippen LogP contribution >= 0.6 is 0 Å². The number of fused-ring (bicyclic) bond motifs is 10. The van der Waals surface area contributed by atoms with E-state index in [4.69, 9.17) is 0 Å². The number of aryl methyl sites for hydroxylation is 2. The molecule has 0 aliphatic heterocycles. The Morgan fingerprint density at radius 2 is 1.54 bits per heavy atom. The van der Waals surface area contributed by atoms with Gasteiger partial charge in [-0.2, -0.15) is 0 Å². The molecule has 3 aliphatic rings. The van der Waals surface area contributed by atoms with Gasteiger partial charge >= 0.3 is 0 Å². The first-order valence-corrected chi connectivity index (χ1v) is 8.63. The van der Waals surface area contributed by atoms with Crippen molar-refractivity contribution < 1.29 is 4.92 Å². The summed E-state index contributed by atoms with van der Waals surface area (Å²) >= 11 is 0. The van der Waals surface area contributed by atoms with Gasteiger partial charge in [0.25, 0.3) is 5.69 Å². The van der Waals surface area contributed by atoms with Crippen molar-refractivity contribution in [3.05, 3.63) is 74.9 Å². The van der Waals surface area contributed by atoms with Crippen LogP contribution in [0.1, 0.15) is 40.5 Å². The average molecular weight is 317 g/mol. The molecule has 0 aromatic heterocycles. The normalized spacial score (nSPS) is 28.4. The highest BCUT2D eigenvalue weighted by molar-refractivity contribution is 5.79. The van der Waals surface area contributed by atoms with Gasteiger partial charge < -0.3 is 0 Å². The summed E-state index contributed by atoms with van der Waals surface area (Å²) in [7, 11) is 0. The molecule has 0 radical (unpaired) electrons. The second kappa shape index (κ2) is 4.56. The largest absolute Gasteiger partial charge is 0.270 e. The van der Waals surface area contributed by atoms with E-state index in [1.807, 2.05) is 6.07 Å². The molecule has 4 atom stereocenters. The highest BCUT2D eigenvalue weighted by atomic mass is 16.6. The maximum Gasteiger partial charge on any atom is 0.270 e. The quantitative estimate of drug-likeness (QED) is 0.409. The Labute approximate surface area is 141 Å². The number of nitro benzene ring substituents is 1. The van der Waals surface area contributed by atoms with E-state index in [9.17, 15) is 10.1 Å². The maximum absolute atomic E-state index is 11.3.